The molecule has 0 amide bonds. The van der Waals surface area contributed by atoms with E-state index < -0.39 is 97.5 Å². The Labute approximate surface area is 607 Å². The van der Waals surface area contributed by atoms with Crippen molar-refractivity contribution < 1.29 is 80.2 Å². The molecule has 0 bridgehead atoms. The molecular formula is C80H156O17P2. The van der Waals surface area contributed by atoms with Gasteiger partial charge >= 0.3 is 39.5 Å². The van der Waals surface area contributed by atoms with Crippen LogP contribution < -0.4 is 0 Å². The first-order chi connectivity index (χ1) is 47.6. The second-order valence-electron chi connectivity index (χ2n) is 30.7. The molecule has 3 N–H and O–H groups in total. The molecule has 0 aromatic heterocycles. The van der Waals surface area contributed by atoms with Crippen molar-refractivity contribution in [2.45, 2.75) is 427 Å². The highest BCUT2D eigenvalue weighted by Gasteiger charge is 2.30. The lowest BCUT2D eigenvalue weighted by molar-refractivity contribution is -0.161. The summed E-state index contributed by atoms with van der Waals surface area (Å²) in [6.45, 7) is 14.2. The fourth-order valence-electron chi connectivity index (χ4n) is 12.3. The number of carbonyl (C=O) groups is 4. The average molecular weight is 1450 g/mol. The summed E-state index contributed by atoms with van der Waals surface area (Å²) in [5.41, 5.74) is 0. The third-order valence-electron chi connectivity index (χ3n) is 18.6. The molecule has 588 valence electrons. The first kappa shape index (κ1) is 97.1. The van der Waals surface area contributed by atoms with E-state index in [9.17, 15) is 43.2 Å². The van der Waals surface area contributed by atoms with Crippen LogP contribution in [-0.2, 0) is 65.4 Å². The monoisotopic (exact) mass is 1450 g/mol. The summed E-state index contributed by atoms with van der Waals surface area (Å²) < 4.78 is 68.6. The number of carbonyl (C=O) groups excluding carboxylic acids is 4. The lowest BCUT2D eigenvalue weighted by atomic mass is 10.0. The van der Waals surface area contributed by atoms with Crippen LogP contribution in [-0.4, -0.2) is 96.7 Å². The normalized spacial score (nSPS) is 14.1. The number of phosphoric ester groups is 2. The smallest absolute Gasteiger partial charge is 0.462 e. The van der Waals surface area contributed by atoms with Crippen molar-refractivity contribution in [3.05, 3.63) is 0 Å². The Morgan fingerprint density at radius 3 is 0.626 bits per heavy atom. The van der Waals surface area contributed by atoms with E-state index in [0.29, 0.717) is 31.6 Å². The molecule has 2 unspecified atom stereocenters. The van der Waals surface area contributed by atoms with E-state index in [0.717, 1.165) is 114 Å². The van der Waals surface area contributed by atoms with Crippen molar-refractivity contribution in [3.63, 3.8) is 0 Å². The number of aliphatic hydroxyl groups is 1. The van der Waals surface area contributed by atoms with Crippen LogP contribution in [0.1, 0.15) is 409 Å². The predicted molar refractivity (Wildman–Crippen MR) is 404 cm³/mol. The fraction of sp³-hybridized carbons (Fsp3) is 0.950. The maximum atomic E-state index is 13.1. The molecule has 0 aromatic carbocycles. The highest BCUT2D eigenvalue weighted by molar-refractivity contribution is 7.47. The second-order valence-corrected chi connectivity index (χ2v) is 33.6. The van der Waals surface area contributed by atoms with Gasteiger partial charge in [0.2, 0.25) is 0 Å². The quantitative estimate of drug-likeness (QED) is 0.0222. The maximum Gasteiger partial charge on any atom is 0.472 e. The Hall–Kier alpha value is -1.94. The van der Waals surface area contributed by atoms with Crippen molar-refractivity contribution in [1.29, 1.82) is 0 Å². The summed E-state index contributed by atoms with van der Waals surface area (Å²) in [6.07, 6.45) is 55.8. The van der Waals surface area contributed by atoms with Gasteiger partial charge in [-0.05, 0) is 49.4 Å². The molecule has 0 saturated heterocycles. The third-order valence-corrected chi connectivity index (χ3v) is 20.5. The minimum atomic E-state index is -4.96. The number of unbranched alkanes of at least 4 members (excludes halogenated alkanes) is 43. The topological polar surface area (TPSA) is 237 Å². The molecule has 0 fully saturated rings. The van der Waals surface area contributed by atoms with Gasteiger partial charge in [0, 0.05) is 25.7 Å². The molecule has 0 aliphatic rings. The molecule has 0 saturated carbocycles. The van der Waals surface area contributed by atoms with E-state index in [1.165, 1.54) is 205 Å². The predicted octanol–water partition coefficient (Wildman–Crippen LogP) is 23.6. The molecule has 0 radical (unpaired) electrons. The van der Waals surface area contributed by atoms with Gasteiger partial charge in [-0.2, -0.15) is 0 Å². The van der Waals surface area contributed by atoms with Gasteiger partial charge in [0.15, 0.2) is 12.2 Å². The fourth-order valence-corrected chi connectivity index (χ4v) is 13.8. The van der Waals surface area contributed by atoms with Crippen LogP contribution in [0.2, 0.25) is 0 Å². The van der Waals surface area contributed by atoms with E-state index in [1.54, 1.807) is 0 Å². The summed E-state index contributed by atoms with van der Waals surface area (Å²) in [5, 5.41) is 10.6. The van der Waals surface area contributed by atoms with E-state index in [-0.39, 0.29) is 25.7 Å². The van der Waals surface area contributed by atoms with Crippen LogP contribution in [0, 0.1) is 23.7 Å². The zero-order chi connectivity index (χ0) is 73.1. The van der Waals surface area contributed by atoms with Crippen molar-refractivity contribution >= 4 is 39.5 Å². The van der Waals surface area contributed by atoms with Gasteiger partial charge in [0.25, 0.3) is 0 Å². The largest absolute Gasteiger partial charge is 0.472 e. The van der Waals surface area contributed by atoms with Gasteiger partial charge in [0.05, 0.1) is 26.4 Å². The maximum absolute atomic E-state index is 13.1. The molecule has 19 heteroatoms. The van der Waals surface area contributed by atoms with E-state index in [1.807, 2.05) is 0 Å². The Morgan fingerprint density at radius 2 is 0.424 bits per heavy atom. The van der Waals surface area contributed by atoms with Crippen molar-refractivity contribution in [2.24, 2.45) is 23.7 Å². The Balaban J connectivity index is 5.21. The number of aliphatic hydroxyl groups excluding tert-OH is 1. The van der Waals surface area contributed by atoms with Crippen LogP contribution in [0.25, 0.3) is 0 Å². The number of esters is 4. The Morgan fingerprint density at radius 1 is 0.253 bits per heavy atom. The molecule has 99 heavy (non-hydrogen) atoms. The summed E-state index contributed by atoms with van der Waals surface area (Å²) in [6, 6.07) is 0. The lowest BCUT2D eigenvalue weighted by Crippen LogP contribution is -2.30. The van der Waals surface area contributed by atoms with Crippen LogP contribution in [0.15, 0.2) is 0 Å². The molecule has 0 rings (SSSR count). The Bertz CT molecular complexity index is 1940. The highest BCUT2D eigenvalue weighted by Crippen LogP contribution is 2.45. The zero-order valence-electron chi connectivity index (χ0n) is 65.1. The number of hydrogen-bond donors (Lipinski definition) is 3. The van der Waals surface area contributed by atoms with Crippen molar-refractivity contribution in [2.75, 3.05) is 39.6 Å². The van der Waals surface area contributed by atoms with Crippen molar-refractivity contribution in [1.82, 2.24) is 0 Å². The van der Waals surface area contributed by atoms with Gasteiger partial charge in [-0.25, -0.2) is 9.13 Å². The lowest BCUT2D eigenvalue weighted by Gasteiger charge is -2.21. The van der Waals surface area contributed by atoms with Gasteiger partial charge < -0.3 is 33.8 Å². The minimum Gasteiger partial charge on any atom is -0.462 e. The van der Waals surface area contributed by atoms with Crippen LogP contribution >= 0.6 is 15.6 Å². The first-order valence-electron chi connectivity index (χ1n) is 41.2. The number of ether oxygens (including phenoxy) is 4. The van der Waals surface area contributed by atoms with Gasteiger partial charge in [-0.15, -0.1) is 0 Å². The van der Waals surface area contributed by atoms with Gasteiger partial charge in [0.1, 0.15) is 19.3 Å². The molecule has 5 atom stereocenters. The second kappa shape index (κ2) is 69.1. The SMILES string of the molecule is CC(C)CCCCCCCCCCCCCCCCCCC(=O)OC[C@H](COP(=O)(O)OC[C@@H](O)COP(=O)(O)OC[C@@H](COC(=O)CCCCCCCCC(C)C)OC(=O)CCCCCCCCCCCC(C)C)OC(=O)CCCCCCCCCCCCCCCCCCC(C)C. The summed E-state index contributed by atoms with van der Waals surface area (Å²) in [7, 11) is -9.92. The van der Waals surface area contributed by atoms with Gasteiger partial charge in [-0.3, -0.25) is 37.3 Å². The molecule has 0 aliphatic heterocycles. The van der Waals surface area contributed by atoms with Gasteiger partial charge in [-0.1, -0.05) is 357 Å². The first-order valence-corrected chi connectivity index (χ1v) is 44.2. The van der Waals surface area contributed by atoms with Crippen LogP contribution in [0.5, 0.6) is 0 Å². The number of phosphoric acid groups is 2. The molecule has 0 aliphatic carbocycles. The third kappa shape index (κ3) is 74.1. The standard InChI is InChI=1S/C80H156O17P2/c1-70(2)56-48-40-32-26-21-17-13-9-11-15-19-23-29-35-44-52-60-77(82)90-66-75(96-79(84)62-54-46-36-30-24-20-16-12-10-14-18-22-27-33-41-49-57-71(3)4)68-94-98(86,87)92-64-74(81)65-93-99(88,89)95-69-76(67-91-78(83)61-53-45-39-38-43-51-59-73(7)8)97-80(85)63-55-47-37-31-25-28-34-42-50-58-72(5)6/h70-76,81H,9-69H2,1-8H3,(H,86,87)(H,88,89)/t74-,75-,76-/m1/s1. The van der Waals surface area contributed by atoms with Crippen LogP contribution in [0.4, 0.5) is 0 Å². The molecule has 17 nitrogen and oxygen atoms in total. The Kier molecular flexibility index (Phi) is 67.8. The summed E-state index contributed by atoms with van der Waals surface area (Å²) in [5.74, 6) is 0.919. The number of hydrogen-bond acceptors (Lipinski definition) is 15. The molecule has 0 spiro atoms. The summed E-state index contributed by atoms with van der Waals surface area (Å²) >= 11 is 0. The van der Waals surface area contributed by atoms with Crippen LogP contribution in [0.3, 0.4) is 0 Å². The van der Waals surface area contributed by atoms with E-state index in [4.69, 9.17) is 37.0 Å². The molecule has 0 heterocycles. The summed E-state index contributed by atoms with van der Waals surface area (Å²) in [4.78, 5) is 72.9. The minimum absolute atomic E-state index is 0.104. The van der Waals surface area contributed by atoms with E-state index in [2.05, 4.69) is 55.4 Å². The highest BCUT2D eigenvalue weighted by atomic mass is 31.2. The van der Waals surface area contributed by atoms with E-state index >= 15 is 0 Å². The zero-order valence-corrected chi connectivity index (χ0v) is 66.9. The average Bonchev–Trinajstić information content (AvgIpc) is 1.06. The van der Waals surface area contributed by atoms with Crippen molar-refractivity contribution in [3.8, 4) is 0 Å². The number of rotatable bonds is 77. The molecular weight excluding hydrogens is 1290 g/mol. The molecule has 0 aromatic rings.